The van der Waals surface area contributed by atoms with E-state index in [1.807, 2.05) is 0 Å². The second-order valence-corrected chi connectivity index (χ2v) is 5.92. The molecule has 1 fully saturated rings. The van der Waals surface area contributed by atoms with E-state index >= 15 is 0 Å². The zero-order valence-electron chi connectivity index (χ0n) is 8.06. The summed E-state index contributed by atoms with van der Waals surface area (Å²) in [7, 11) is -3.27. The van der Waals surface area contributed by atoms with Crippen LogP contribution in [0.1, 0.15) is 12.8 Å². The zero-order valence-corrected chi connectivity index (χ0v) is 8.88. The number of aliphatic hydroxyl groups is 1. The van der Waals surface area contributed by atoms with Gasteiger partial charge in [0.15, 0.2) is 9.84 Å². The van der Waals surface area contributed by atoms with Crippen LogP contribution in [-0.2, 0) is 14.6 Å². The van der Waals surface area contributed by atoms with Crippen molar-refractivity contribution < 1.29 is 18.3 Å². The fourth-order valence-corrected chi connectivity index (χ4v) is 1.73. The predicted octanol–water partition coefficient (Wildman–Crippen LogP) is -1.08. The van der Waals surface area contributed by atoms with E-state index in [1.54, 1.807) is 0 Å². The molecule has 1 saturated carbocycles. The van der Waals surface area contributed by atoms with Gasteiger partial charge in [-0.2, -0.15) is 0 Å². The van der Waals surface area contributed by atoms with Gasteiger partial charge in [-0.05, 0) is 18.8 Å². The Morgan fingerprint density at radius 1 is 1.57 bits per heavy atom. The fourth-order valence-electron chi connectivity index (χ4n) is 1.16. The Kier molecular flexibility index (Phi) is 3.49. The third-order valence-electron chi connectivity index (χ3n) is 2.07. The molecule has 0 saturated heterocycles. The molecule has 6 heteroatoms. The molecule has 1 atom stereocenters. The molecule has 1 aliphatic carbocycles. The Morgan fingerprint density at radius 3 is 2.57 bits per heavy atom. The molecule has 0 aromatic carbocycles. The highest BCUT2D eigenvalue weighted by atomic mass is 32.2. The maximum Gasteiger partial charge on any atom is 0.235 e. The van der Waals surface area contributed by atoms with Crippen molar-refractivity contribution in [2.45, 2.75) is 18.9 Å². The maximum atomic E-state index is 11.0. The van der Waals surface area contributed by atoms with E-state index in [1.165, 1.54) is 0 Å². The van der Waals surface area contributed by atoms with Gasteiger partial charge in [-0.3, -0.25) is 4.79 Å². The zero-order chi connectivity index (χ0) is 10.8. The smallest absolute Gasteiger partial charge is 0.235 e. The van der Waals surface area contributed by atoms with Crippen LogP contribution >= 0.6 is 0 Å². The first-order valence-electron chi connectivity index (χ1n) is 4.51. The minimum atomic E-state index is -3.27. The summed E-state index contributed by atoms with van der Waals surface area (Å²) in [5.74, 6) is -0.773. The number of amides is 1. The Balaban J connectivity index is 2.20. The second kappa shape index (κ2) is 4.27. The molecule has 0 aromatic heterocycles. The van der Waals surface area contributed by atoms with Crippen molar-refractivity contribution in [1.29, 1.82) is 0 Å². The first-order chi connectivity index (χ1) is 6.38. The number of sulfone groups is 1. The largest absolute Gasteiger partial charge is 0.391 e. The normalized spacial score (nSPS) is 19.0. The number of nitrogens with one attached hydrogen (secondary N) is 1. The van der Waals surface area contributed by atoms with Crippen molar-refractivity contribution in [3.05, 3.63) is 0 Å². The highest BCUT2D eigenvalue weighted by Crippen LogP contribution is 2.32. The van der Waals surface area contributed by atoms with Crippen molar-refractivity contribution >= 4 is 15.7 Å². The molecule has 82 valence electrons. The molecular formula is C8H15NO4S. The van der Waals surface area contributed by atoms with Crippen LogP contribution in [0.4, 0.5) is 0 Å². The van der Waals surface area contributed by atoms with Gasteiger partial charge < -0.3 is 10.4 Å². The highest BCUT2D eigenvalue weighted by molar-refractivity contribution is 7.91. The average molecular weight is 221 g/mol. The average Bonchev–Trinajstić information content (AvgIpc) is 2.78. The fraction of sp³-hybridized carbons (Fsp3) is 0.875. The van der Waals surface area contributed by atoms with Gasteiger partial charge in [0.2, 0.25) is 5.91 Å². The molecular weight excluding hydrogens is 206 g/mol. The van der Waals surface area contributed by atoms with Crippen LogP contribution in [0.15, 0.2) is 0 Å². The van der Waals surface area contributed by atoms with Crippen LogP contribution in [0.3, 0.4) is 0 Å². The van der Waals surface area contributed by atoms with Gasteiger partial charge in [-0.1, -0.05) is 0 Å². The Hall–Kier alpha value is -0.620. The summed E-state index contributed by atoms with van der Waals surface area (Å²) < 4.78 is 21.4. The van der Waals surface area contributed by atoms with Crippen LogP contribution in [0.2, 0.25) is 0 Å². The Morgan fingerprint density at radius 2 is 2.14 bits per heavy atom. The van der Waals surface area contributed by atoms with E-state index < -0.39 is 27.6 Å². The summed E-state index contributed by atoms with van der Waals surface area (Å²) in [4.78, 5) is 11.0. The van der Waals surface area contributed by atoms with Crippen molar-refractivity contribution in [3.63, 3.8) is 0 Å². The van der Waals surface area contributed by atoms with Crippen molar-refractivity contribution in [2.24, 2.45) is 5.92 Å². The number of carbonyl (C=O) groups is 1. The molecule has 1 rings (SSSR count). The van der Waals surface area contributed by atoms with Gasteiger partial charge in [-0.15, -0.1) is 0 Å². The monoisotopic (exact) mass is 221 g/mol. The first-order valence-corrected chi connectivity index (χ1v) is 6.57. The van der Waals surface area contributed by atoms with E-state index in [0.29, 0.717) is 0 Å². The Labute approximate surface area is 83.4 Å². The molecule has 0 radical (unpaired) electrons. The van der Waals surface area contributed by atoms with Crippen LogP contribution in [0.25, 0.3) is 0 Å². The summed E-state index contributed by atoms with van der Waals surface area (Å²) >= 11 is 0. The van der Waals surface area contributed by atoms with E-state index in [2.05, 4.69) is 5.32 Å². The van der Waals surface area contributed by atoms with Gasteiger partial charge in [0.05, 0.1) is 6.10 Å². The lowest BCUT2D eigenvalue weighted by molar-refractivity contribution is -0.119. The summed E-state index contributed by atoms with van der Waals surface area (Å²) in [6.07, 6.45) is 2.45. The molecule has 2 N–H and O–H groups in total. The van der Waals surface area contributed by atoms with E-state index in [-0.39, 0.29) is 12.5 Å². The van der Waals surface area contributed by atoms with Gasteiger partial charge >= 0.3 is 0 Å². The van der Waals surface area contributed by atoms with Crippen molar-refractivity contribution in [1.82, 2.24) is 5.32 Å². The van der Waals surface area contributed by atoms with Gasteiger partial charge in [-0.25, -0.2) is 8.42 Å². The standard InChI is InChI=1S/C8H15NO4S/c1-14(12,13)5-8(11)9-4-7(10)6-2-3-6/h6-7,10H,2-5H2,1H3,(H,9,11). The molecule has 0 aromatic rings. The van der Waals surface area contributed by atoms with E-state index in [4.69, 9.17) is 0 Å². The molecule has 0 spiro atoms. The van der Waals surface area contributed by atoms with Gasteiger partial charge in [0, 0.05) is 12.8 Å². The number of aliphatic hydroxyl groups excluding tert-OH is 1. The van der Waals surface area contributed by atoms with Crippen molar-refractivity contribution in [2.75, 3.05) is 18.6 Å². The van der Waals surface area contributed by atoms with Crippen molar-refractivity contribution in [3.8, 4) is 0 Å². The maximum absolute atomic E-state index is 11.0. The lowest BCUT2D eigenvalue weighted by atomic mass is 10.2. The minimum absolute atomic E-state index is 0.152. The molecule has 14 heavy (non-hydrogen) atoms. The van der Waals surface area contributed by atoms with Crippen LogP contribution in [-0.4, -0.2) is 44.1 Å². The minimum Gasteiger partial charge on any atom is -0.391 e. The van der Waals surface area contributed by atoms with E-state index in [9.17, 15) is 18.3 Å². The van der Waals surface area contributed by atoms with Crippen LogP contribution in [0.5, 0.6) is 0 Å². The molecule has 1 aliphatic rings. The van der Waals surface area contributed by atoms with Crippen LogP contribution in [0, 0.1) is 5.92 Å². The topological polar surface area (TPSA) is 83.5 Å². The molecule has 1 unspecified atom stereocenters. The third kappa shape index (κ3) is 4.57. The molecule has 1 amide bonds. The summed E-state index contributed by atoms with van der Waals surface area (Å²) in [5.41, 5.74) is 0. The SMILES string of the molecule is CS(=O)(=O)CC(=O)NCC(O)C1CC1. The summed E-state index contributed by atoms with van der Waals surface area (Å²) in [6, 6.07) is 0. The molecule has 0 aliphatic heterocycles. The van der Waals surface area contributed by atoms with Gasteiger partial charge in [0.25, 0.3) is 0 Å². The van der Waals surface area contributed by atoms with Gasteiger partial charge in [0.1, 0.15) is 5.75 Å². The second-order valence-electron chi connectivity index (χ2n) is 3.78. The number of rotatable bonds is 5. The number of carbonyl (C=O) groups excluding carboxylic acids is 1. The van der Waals surface area contributed by atoms with E-state index in [0.717, 1.165) is 19.1 Å². The third-order valence-corrected chi connectivity index (χ3v) is 2.85. The lowest BCUT2D eigenvalue weighted by Gasteiger charge is -2.09. The predicted molar refractivity (Wildman–Crippen MR) is 51.5 cm³/mol. The first kappa shape index (κ1) is 11.5. The van der Waals surface area contributed by atoms with Crippen LogP contribution < -0.4 is 5.32 Å². The lowest BCUT2D eigenvalue weighted by Crippen LogP contribution is -2.36. The quantitative estimate of drug-likeness (QED) is 0.618. The Bertz CT molecular complexity index is 307. The molecule has 0 heterocycles. The number of hydrogen-bond donors (Lipinski definition) is 2. The highest BCUT2D eigenvalue weighted by Gasteiger charge is 2.29. The summed E-state index contributed by atoms with van der Waals surface area (Å²) in [5, 5.41) is 11.8. The summed E-state index contributed by atoms with van der Waals surface area (Å²) in [6.45, 7) is 0.152. The molecule has 5 nitrogen and oxygen atoms in total. The molecule has 0 bridgehead atoms. The number of hydrogen-bond acceptors (Lipinski definition) is 4.